The summed E-state index contributed by atoms with van der Waals surface area (Å²) < 4.78 is 9.61. The number of hydrogen-bond donors (Lipinski definition) is 0. The van der Waals surface area contributed by atoms with Crippen molar-refractivity contribution in [3.8, 4) is 0 Å². The molecule has 2 nitrogen and oxygen atoms in total. The SMILES string of the molecule is CC(=O)OC(=C[As+](c1ccccc1)(c1ccccc1)c1ccccc1)c1ccccc1.[Br-]. The van der Waals surface area contributed by atoms with Crippen molar-refractivity contribution in [1.82, 2.24) is 0 Å². The molecule has 0 heterocycles. The molecule has 0 saturated heterocycles. The van der Waals surface area contributed by atoms with Gasteiger partial charge in [0.1, 0.15) is 0 Å². The fraction of sp³-hybridized carbons (Fsp3) is 0.0357. The number of hydrogen-bond acceptors (Lipinski definition) is 2. The van der Waals surface area contributed by atoms with Crippen LogP contribution in [0, 0.1) is 0 Å². The van der Waals surface area contributed by atoms with Crippen LogP contribution in [0.4, 0.5) is 0 Å². The van der Waals surface area contributed by atoms with Gasteiger partial charge in [-0.25, -0.2) is 0 Å². The van der Waals surface area contributed by atoms with Crippen molar-refractivity contribution in [1.29, 1.82) is 0 Å². The number of ether oxygens (including phenoxy) is 1. The van der Waals surface area contributed by atoms with E-state index in [1.807, 2.05) is 48.5 Å². The predicted octanol–water partition coefficient (Wildman–Crippen LogP) is 1.30. The molecule has 4 rings (SSSR count). The van der Waals surface area contributed by atoms with Gasteiger partial charge in [0.15, 0.2) is 0 Å². The van der Waals surface area contributed by atoms with Crippen molar-refractivity contribution in [3.05, 3.63) is 132 Å². The van der Waals surface area contributed by atoms with Crippen molar-refractivity contribution < 1.29 is 26.5 Å². The van der Waals surface area contributed by atoms with Gasteiger partial charge in [0.2, 0.25) is 0 Å². The second-order valence-electron chi connectivity index (χ2n) is 7.18. The Morgan fingerprint density at radius 2 is 0.969 bits per heavy atom. The Balaban J connectivity index is 0.00000289. The van der Waals surface area contributed by atoms with Crippen LogP contribution in [0.3, 0.4) is 0 Å². The van der Waals surface area contributed by atoms with E-state index < -0.39 is 13.6 Å². The topological polar surface area (TPSA) is 26.3 Å². The number of benzene rings is 4. The van der Waals surface area contributed by atoms with Gasteiger partial charge in [-0.15, -0.1) is 0 Å². The van der Waals surface area contributed by atoms with Crippen molar-refractivity contribution in [2.75, 3.05) is 0 Å². The zero-order valence-corrected chi connectivity index (χ0v) is 21.2. The smallest absolute Gasteiger partial charge is 1.00 e. The van der Waals surface area contributed by atoms with Gasteiger partial charge >= 0.3 is 187 Å². The van der Waals surface area contributed by atoms with E-state index in [1.165, 1.54) is 20.0 Å². The van der Waals surface area contributed by atoms with Crippen LogP contribution < -0.4 is 30.0 Å². The molecule has 0 radical (unpaired) electrons. The van der Waals surface area contributed by atoms with Crippen LogP contribution in [0.25, 0.3) is 5.76 Å². The van der Waals surface area contributed by atoms with Gasteiger partial charge in [-0.2, -0.15) is 0 Å². The van der Waals surface area contributed by atoms with E-state index in [9.17, 15) is 4.79 Å². The molecule has 0 atom stereocenters. The van der Waals surface area contributed by atoms with Gasteiger partial charge in [0, 0.05) is 0 Å². The summed E-state index contributed by atoms with van der Waals surface area (Å²) in [6, 6.07) is 41.6. The summed E-state index contributed by atoms with van der Waals surface area (Å²) in [5.74, 6) is 0.287. The summed E-state index contributed by atoms with van der Waals surface area (Å²) in [6.07, 6.45) is 0. The van der Waals surface area contributed by atoms with Gasteiger partial charge < -0.3 is 17.0 Å². The Hall–Kier alpha value is -2.87. The molecule has 0 saturated carbocycles. The molecule has 0 N–H and O–H groups in total. The minimum absolute atomic E-state index is 0. The van der Waals surface area contributed by atoms with E-state index in [0.717, 1.165) is 5.56 Å². The number of rotatable bonds is 6. The minimum atomic E-state index is -3.16. The normalized spacial score (nSPS) is 11.3. The van der Waals surface area contributed by atoms with Crippen molar-refractivity contribution in [3.63, 3.8) is 0 Å². The zero-order valence-electron chi connectivity index (χ0n) is 17.8. The van der Waals surface area contributed by atoms with E-state index in [-0.39, 0.29) is 23.0 Å². The maximum Gasteiger partial charge on any atom is -1.00 e. The molecule has 0 aromatic heterocycles. The summed E-state index contributed by atoms with van der Waals surface area (Å²) in [6.45, 7) is 1.46. The standard InChI is InChI=1S/C28H24AsO2.BrH/c1-23(30)31-28(24-14-6-2-7-15-24)22-29(25-16-8-3-9-17-25,26-18-10-4-11-19-26)27-20-12-5-13-21-27;/h2-22H,1H3;1H/q+1;/p-1. The first kappa shape index (κ1) is 23.8. The molecular formula is C28H24AsBrO2. The van der Waals surface area contributed by atoms with Crippen LogP contribution in [-0.4, -0.2) is 19.5 Å². The third kappa shape index (κ3) is 5.12. The molecule has 0 unspecified atom stereocenters. The minimum Gasteiger partial charge on any atom is -1.00 e. The molecule has 0 amide bonds. The van der Waals surface area contributed by atoms with Crippen LogP contribution in [0.1, 0.15) is 12.5 Å². The van der Waals surface area contributed by atoms with Crippen LogP contribution >= 0.6 is 0 Å². The Kier molecular flexibility index (Phi) is 8.27. The monoisotopic (exact) mass is 546 g/mol. The maximum atomic E-state index is 12.1. The average molecular weight is 547 g/mol. The van der Waals surface area contributed by atoms with Gasteiger partial charge in [-0.1, -0.05) is 0 Å². The molecule has 0 aliphatic heterocycles. The van der Waals surface area contributed by atoms with Crippen LogP contribution in [-0.2, 0) is 9.53 Å². The Labute approximate surface area is 202 Å². The van der Waals surface area contributed by atoms with Crippen LogP contribution in [0.15, 0.2) is 126 Å². The number of esters is 1. The predicted molar refractivity (Wildman–Crippen MR) is 130 cm³/mol. The molecule has 0 aliphatic carbocycles. The van der Waals surface area contributed by atoms with Crippen LogP contribution in [0.2, 0.25) is 0 Å². The van der Waals surface area contributed by atoms with E-state index in [1.54, 1.807) is 0 Å². The van der Waals surface area contributed by atoms with Crippen molar-refractivity contribution in [2.45, 2.75) is 6.92 Å². The second-order valence-corrected chi connectivity index (χ2v) is 14.0. The van der Waals surface area contributed by atoms with Gasteiger partial charge in [0.05, 0.1) is 0 Å². The third-order valence-corrected chi connectivity index (χ3v) is 13.4. The summed E-state index contributed by atoms with van der Waals surface area (Å²) in [5.41, 5.74) is 0.895. The van der Waals surface area contributed by atoms with Crippen molar-refractivity contribution >= 4 is 38.3 Å². The summed E-state index contributed by atoms with van der Waals surface area (Å²) in [7, 11) is 0. The van der Waals surface area contributed by atoms with Crippen LogP contribution in [0.5, 0.6) is 0 Å². The van der Waals surface area contributed by atoms with Gasteiger partial charge in [0.25, 0.3) is 0 Å². The number of carbonyl (C=O) groups excluding carboxylic acids is 1. The molecule has 160 valence electrons. The number of halogens is 1. The molecule has 32 heavy (non-hydrogen) atoms. The molecular weight excluding hydrogens is 523 g/mol. The van der Waals surface area contributed by atoms with E-state index in [0.29, 0.717) is 5.76 Å². The largest absolute Gasteiger partial charge is 1.00 e. The first-order valence-corrected chi connectivity index (χ1v) is 14.1. The Morgan fingerprint density at radius 1 is 0.625 bits per heavy atom. The quantitative estimate of drug-likeness (QED) is 0.207. The molecule has 0 fully saturated rings. The van der Waals surface area contributed by atoms with Crippen molar-refractivity contribution in [2.24, 2.45) is 0 Å². The van der Waals surface area contributed by atoms with Gasteiger partial charge in [-0.05, 0) is 0 Å². The van der Waals surface area contributed by atoms with E-state index in [2.05, 4.69) is 77.7 Å². The first-order valence-electron chi connectivity index (χ1n) is 10.2. The molecule has 0 spiro atoms. The first-order chi connectivity index (χ1) is 15.2. The summed E-state index contributed by atoms with van der Waals surface area (Å²) in [4.78, 5) is 14.3. The summed E-state index contributed by atoms with van der Waals surface area (Å²) >= 11 is -3.16. The molecule has 0 bridgehead atoms. The third-order valence-electron chi connectivity index (χ3n) is 5.11. The Bertz CT molecular complexity index is 1060. The van der Waals surface area contributed by atoms with Gasteiger partial charge in [-0.3, -0.25) is 0 Å². The molecule has 0 aliphatic rings. The second kappa shape index (κ2) is 11.1. The fourth-order valence-corrected chi connectivity index (χ4v) is 11.8. The molecule has 4 aromatic carbocycles. The molecule has 4 heteroatoms. The molecule has 4 aromatic rings. The van der Waals surface area contributed by atoms with E-state index >= 15 is 0 Å². The van der Waals surface area contributed by atoms with E-state index in [4.69, 9.17) is 4.74 Å². The Morgan fingerprint density at radius 3 is 1.31 bits per heavy atom. The fourth-order valence-electron chi connectivity index (χ4n) is 3.75. The maximum absolute atomic E-state index is 12.1. The summed E-state index contributed by atoms with van der Waals surface area (Å²) in [5, 5.41) is 0. The number of carbonyl (C=O) groups is 1. The zero-order chi connectivity index (χ0) is 21.5. The average Bonchev–Trinajstić information content (AvgIpc) is 2.84.